The summed E-state index contributed by atoms with van der Waals surface area (Å²) >= 11 is 1.73. The number of carbonyl (C=O) groups is 2. The minimum atomic E-state index is -0.640. The number of halogens is 1. The van der Waals surface area contributed by atoms with Crippen LogP contribution in [0.3, 0.4) is 0 Å². The molecule has 2 amide bonds. The first-order chi connectivity index (χ1) is 12.1. The average molecular weight is 358 g/mol. The molecule has 130 valence electrons. The lowest BCUT2D eigenvalue weighted by Gasteiger charge is -2.24. The van der Waals surface area contributed by atoms with Crippen molar-refractivity contribution in [3.8, 4) is 0 Å². The van der Waals surface area contributed by atoms with Crippen molar-refractivity contribution in [1.29, 1.82) is 0 Å². The maximum absolute atomic E-state index is 13.5. The molecule has 0 unspecified atom stereocenters. The van der Waals surface area contributed by atoms with Gasteiger partial charge in [-0.15, -0.1) is 0 Å². The first-order valence-electron chi connectivity index (χ1n) is 8.12. The van der Waals surface area contributed by atoms with E-state index in [1.54, 1.807) is 11.8 Å². The molecule has 3 rings (SSSR count). The monoisotopic (exact) mass is 358 g/mol. The predicted octanol–water partition coefficient (Wildman–Crippen LogP) is 3.30. The predicted molar refractivity (Wildman–Crippen MR) is 98.0 cm³/mol. The third-order valence-electron chi connectivity index (χ3n) is 4.03. The normalized spacial score (nSPS) is 16.0. The fourth-order valence-electron chi connectivity index (χ4n) is 2.80. The number of fused-ring (bicyclic) bond motifs is 1. The van der Waals surface area contributed by atoms with E-state index in [1.807, 2.05) is 18.2 Å². The molecule has 0 saturated heterocycles. The Balaban J connectivity index is 1.51. The Morgan fingerprint density at radius 2 is 2.04 bits per heavy atom. The van der Waals surface area contributed by atoms with Crippen molar-refractivity contribution in [2.24, 2.45) is 0 Å². The summed E-state index contributed by atoms with van der Waals surface area (Å²) in [4.78, 5) is 24.2. The Kier molecular flexibility index (Phi) is 5.71. The van der Waals surface area contributed by atoms with Gasteiger partial charge in [0.1, 0.15) is 5.82 Å². The molecule has 2 aromatic rings. The van der Waals surface area contributed by atoms with Gasteiger partial charge in [0, 0.05) is 30.2 Å². The van der Waals surface area contributed by atoms with Crippen molar-refractivity contribution in [2.75, 3.05) is 17.6 Å². The number of rotatable bonds is 6. The molecule has 1 aliphatic heterocycles. The highest BCUT2D eigenvalue weighted by Gasteiger charge is 2.30. The fourth-order valence-corrected chi connectivity index (χ4v) is 3.62. The van der Waals surface area contributed by atoms with E-state index >= 15 is 0 Å². The summed E-state index contributed by atoms with van der Waals surface area (Å²) in [5.74, 6) is 0.149. The minimum Gasteiger partial charge on any atom is -0.355 e. The summed E-state index contributed by atoms with van der Waals surface area (Å²) in [5, 5.41) is 5.53. The third kappa shape index (κ3) is 4.60. The van der Waals surface area contributed by atoms with Crippen LogP contribution in [-0.4, -0.2) is 24.1 Å². The van der Waals surface area contributed by atoms with Crippen molar-refractivity contribution in [3.63, 3.8) is 0 Å². The largest absolute Gasteiger partial charge is 0.355 e. The molecule has 4 nitrogen and oxygen atoms in total. The molecule has 0 aliphatic carbocycles. The van der Waals surface area contributed by atoms with Gasteiger partial charge in [-0.1, -0.05) is 30.3 Å². The summed E-state index contributed by atoms with van der Waals surface area (Å²) < 4.78 is 13.5. The van der Waals surface area contributed by atoms with Gasteiger partial charge in [-0.2, -0.15) is 11.8 Å². The Bertz CT molecular complexity index is 767. The molecule has 0 bridgehead atoms. The van der Waals surface area contributed by atoms with Gasteiger partial charge in [0.15, 0.2) is 0 Å². The Morgan fingerprint density at radius 1 is 1.24 bits per heavy atom. The summed E-state index contributed by atoms with van der Waals surface area (Å²) in [5.41, 5.74) is 2.29. The molecular formula is C19H19FN2O2S. The highest BCUT2D eigenvalue weighted by Crippen LogP contribution is 2.32. The van der Waals surface area contributed by atoms with Crippen LogP contribution in [0.25, 0.3) is 0 Å². The lowest BCUT2D eigenvalue weighted by Crippen LogP contribution is -2.36. The zero-order chi connectivity index (χ0) is 17.6. The van der Waals surface area contributed by atoms with Crippen molar-refractivity contribution in [1.82, 2.24) is 5.32 Å². The number of hydrogen-bond acceptors (Lipinski definition) is 3. The lowest BCUT2D eigenvalue weighted by atomic mass is 9.89. The lowest BCUT2D eigenvalue weighted by molar-refractivity contribution is -0.126. The molecule has 2 aromatic carbocycles. The SMILES string of the molecule is O=C1C[C@H](C(=O)NCCSCc2ccccc2)c2cc(F)ccc2N1. The number of nitrogens with one attached hydrogen (secondary N) is 2. The topological polar surface area (TPSA) is 58.2 Å². The van der Waals surface area contributed by atoms with Crippen LogP contribution in [0, 0.1) is 5.82 Å². The van der Waals surface area contributed by atoms with E-state index < -0.39 is 11.7 Å². The summed E-state index contributed by atoms with van der Waals surface area (Å²) in [6, 6.07) is 14.2. The Hall–Kier alpha value is -2.34. The van der Waals surface area contributed by atoms with Crippen LogP contribution in [0.1, 0.15) is 23.5 Å². The molecule has 1 heterocycles. The number of hydrogen-bond donors (Lipinski definition) is 2. The molecule has 0 radical (unpaired) electrons. The van der Waals surface area contributed by atoms with Crippen LogP contribution in [0.2, 0.25) is 0 Å². The molecule has 2 N–H and O–H groups in total. The van der Waals surface area contributed by atoms with Gasteiger partial charge in [-0.05, 0) is 29.3 Å². The van der Waals surface area contributed by atoms with E-state index in [1.165, 1.54) is 23.8 Å². The standard InChI is InChI=1S/C19H19FN2O2S/c20-14-6-7-17-15(10-14)16(11-18(23)22-17)19(24)21-8-9-25-12-13-4-2-1-3-5-13/h1-7,10,16H,8-9,11-12H2,(H,21,24)(H,22,23)/t16-/m0/s1. The molecule has 6 heteroatoms. The van der Waals surface area contributed by atoms with Crippen molar-refractivity contribution in [2.45, 2.75) is 18.1 Å². The maximum Gasteiger partial charge on any atom is 0.228 e. The molecule has 1 atom stereocenters. The minimum absolute atomic E-state index is 0.0411. The van der Waals surface area contributed by atoms with E-state index in [2.05, 4.69) is 22.8 Å². The molecule has 1 aliphatic rings. The molecule has 0 aromatic heterocycles. The number of carbonyl (C=O) groups excluding carboxylic acids is 2. The van der Waals surface area contributed by atoms with Gasteiger partial charge in [0.25, 0.3) is 0 Å². The van der Waals surface area contributed by atoms with Gasteiger partial charge in [-0.3, -0.25) is 9.59 Å². The van der Waals surface area contributed by atoms with Crippen LogP contribution < -0.4 is 10.6 Å². The zero-order valence-electron chi connectivity index (χ0n) is 13.6. The van der Waals surface area contributed by atoms with E-state index in [-0.39, 0.29) is 18.2 Å². The van der Waals surface area contributed by atoms with Crippen molar-refractivity contribution < 1.29 is 14.0 Å². The van der Waals surface area contributed by atoms with E-state index in [0.717, 1.165) is 11.5 Å². The van der Waals surface area contributed by atoms with E-state index in [0.29, 0.717) is 17.8 Å². The van der Waals surface area contributed by atoms with Gasteiger partial charge >= 0.3 is 0 Å². The van der Waals surface area contributed by atoms with Crippen molar-refractivity contribution >= 4 is 29.3 Å². The highest BCUT2D eigenvalue weighted by atomic mass is 32.2. The number of benzene rings is 2. The van der Waals surface area contributed by atoms with Gasteiger partial charge in [0.2, 0.25) is 11.8 Å². The second-order valence-corrected chi connectivity index (χ2v) is 6.97. The van der Waals surface area contributed by atoms with Crippen molar-refractivity contribution in [3.05, 3.63) is 65.5 Å². The Morgan fingerprint density at radius 3 is 2.84 bits per heavy atom. The highest BCUT2D eigenvalue weighted by molar-refractivity contribution is 7.98. The molecule has 0 saturated carbocycles. The van der Waals surface area contributed by atoms with Crippen LogP contribution in [0.4, 0.5) is 10.1 Å². The average Bonchev–Trinajstić information content (AvgIpc) is 2.62. The molecule has 25 heavy (non-hydrogen) atoms. The first-order valence-corrected chi connectivity index (χ1v) is 9.27. The number of anilines is 1. The van der Waals surface area contributed by atoms with Crippen LogP contribution in [-0.2, 0) is 15.3 Å². The second-order valence-electron chi connectivity index (χ2n) is 5.87. The fraction of sp³-hybridized carbons (Fsp3) is 0.263. The van der Waals surface area contributed by atoms with Crippen LogP contribution >= 0.6 is 11.8 Å². The second kappa shape index (κ2) is 8.16. The summed E-state index contributed by atoms with van der Waals surface area (Å²) in [6.45, 7) is 0.513. The van der Waals surface area contributed by atoms with Gasteiger partial charge < -0.3 is 10.6 Å². The summed E-state index contributed by atoms with van der Waals surface area (Å²) in [7, 11) is 0. The van der Waals surface area contributed by atoms with Crippen LogP contribution in [0.5, 0.6) is 0 Å². The number of amides is 2. The van der Waals surface area contributed by atoms with Gasteiger partial charge in [0.05, 0.1) is 5.92 Å². The number of thioether (sulfide) groups is 1. The quantitative estimate of drug-likeness (QED) is 0.779. The maximum atomic E-state index is 13.5. The first kappa shape index (κ1) is 17.5. The third-order valence-corrected chi connectivity index (χ3v) is 5.06. The van der Waals surface area contributed by atoms with Gasteiger partial charge in [-0.25, -0.2) is 4.39 Å². The molecular weight excluding hydrogens is 339 g/mol. The van der Waals surface area contributed by atoms with E-state index in [9.17, 15) is 14.0 Å². The smallest absolute Gasteiger partial charge is 0.228 e. The molecule has 0 fully saturated rings. The van der Waals surface area contributed by atoms with E-state index in [4.69, 9.17) is 0 Å². The zero-order valence-corrected chi connectivity index (χ0v) is 14.4. The Labute approximate surface area is 150 Å². The van der Waals surface area contributed by atoms with Crippen LogP contribution in [0.15, 0.2) is 48.5 Å². The molecule has 0 spiro atoms. The summed E-state index contributed by atoms with van der Waals surface area (Å²) in [6.07, 6.45) is 0.0411.